The Morgan fingerprint density at radius 1 is 1.30 bits per heavy atom. The number of ether oxygens (including phenoxy) is 1. The van der Waals surface area contributed by atoms with Gasteiger partial charge in [-0.05, 0) is 52.4 Å². The topological polar surface area (TPSA) is 64.3 Å². The summed E-state index contributed by atoms with van der Waals surface area (Å²) in [6.45, 7) is 5.43. The van der Waals surface area contributed by atoms with Crippen LogP contribution in [0.4, 0.5) is 13.6 Å². The first-order valence-corrected chi connectivity index (χ1v) is 7.20. The number of carbonyl (C=O) groups excluding carboxylic acids is 1. The number of alkyl carbamates (subject to hydrolysis) is 1. The molecule has 0 aliphatic heterocycles. The molecule has 6 heteroatoms. The molecule has 1 rings (SSSR count). The Bertz CT molecular complexity index is 311. The van der Waals surface area contributed by atoms with E-state index in [1.165, 1.54) is 0 Å². The van der Waals surface area contributed by atoms with E-state index in [1.807, 2.05) is 0 Å². The maximum absolute atomic E-state index is 12.8. The van der Waals surface area contributed by atoms with Gasteiger partial charge in [0.25, 0.3) is 0 Å². The average Bonchev–Trinajstić information content (AvgIpc) is 2.29. The molecule has 1 saturated carbocycles. The highest BCUT2D eigenvalue weighted by molar-refractivity contribution is 5.68. The minimum Gasteiger partial charge on any atom is -0.444 e. The van der Waals surface area contributed by atoms with E-state index >= 15 is 0 Å². The standard InChI is InChI=1S/C14H26F2N2O2/c1-14(2,3)20-13(19)18-10-6-4-9(5-7-10)11(8-17)12(15)16/h9-12H,4-8,17H2,1-3H3,(H,18,19). The highest BCUT2D eigenvalue weighted by Gasteiger charge is 2.32. The summed E-state index contributed by atoms with van der Waals surface area (Å²) >= 11 is 0. The lowest BCUT2D eigenvalue weighted by molar-refractivity contribution is 0.0289. The summed E-state index contributed by atoms with van der Waals surface area (Å²) in [5, 5.41) is 2.80. The number of nitrogens with two attached hydrogens (primary N) is 1. The SMILES string of the molecule is CC(C)(C)OC(=O)NC1CCC(C(CN)C(F)F)CC1. The Morgan fingerprint density at radius 3 is 2.25 bits per heavy atom. The minimum absolute atomic E-state index is 0.0113. The van der Waals surface area contributed by atoms with Crippen LogP contribution >= 0.6 is 0 Å². The maximum atomic E-state index is 12.8. The van der Waals surface area contributed by atoms with Crippen molar-refractivity contribution < 1.29 is 18.3 Å². The minimum atomic E-state index is -2.36. The van der Waals surface area contributed by atoms with Crippen LogP contribution in [0.1, 0.15) is 46.5 Å². The van der Waals surface area contributed by atoms with Gasteiger partial charge in [-0.1, -0.05) is 0 Å². The molecular weight excluding hydrogens is 266 g/mol. The van der Waals surface area contributed by atoms with E-state index in [4.69, 9.17) is 10.5 Å². The van der Waals surface area contributed by atoms with Crippen LogP contribution < -0.4 is 11.1 Å². The third-order valence-corrected chi connectivity index (χ3v) is 3.69. The first-order chi connectivity index (χ1) is 9.23. The molecule has 20 heavy (non-hydrogen) atoms. The van der Waals surface area contributed by atoms with Gasteiger partial charge in [0, 0.05) is 18.5 Å². The Balaban J connectivity index is 2.37. The van der Waals surface area contributed by atoms with E-state index < -0.39 is 24.0 Å². The second-order valence-corrected chi connectivity index (χ2v) is 6.49. The molecule has 1 fully saturated rings. The monoisotopic (exact) mass is 292 g/mol. The highest BCUT2D eigenvalue weighted by atomic mass is 19.3. The summed E-state index contributed by atoms with van der Waals surface area (Å²) in [6.07, 6.45) is -0.0508. The van der Waals surface area contributed by atoms with Gasteiger partial charge in [-0.25, -0.2) is 13.6 Å². The van der Waals surface area contributed by atoms with Crippen molar-refractivity contribution in [3.63, 3.8) is 0 Å². The second-order valence-electron chi connectivity index (χ2n) is 6.49. The molecule has 0 aromatic carbocycles. The number of hydrogen-bond acceptors (Lipinski definition) is 3. The number of rotatable bonds is 4. The quantitative estimate of drug-likeness (QED) is 0.837. The molecule has 1 aliphatic rings. The number of nitrogens with one attached hydrogen (secondary N) is 1. The first-order valence-electron chi connectivity index (χ1n) is 7.20. The molecule has 0 aromatic heterocycles. The van der Waals surface area contributed by atoms with Gasteiger partial charge in [-0.15, -0.1) is 0 Å². The lowest BCUT2D eigenvalue weighted by atomic mass is 9.78. The zero-order chi connectivity index (χ0) is 15.3. The summed E-state index contributed by atoms with van der Waals surface area (Å²) in [5.41, 5.74) is 4.89. The predicted molar refractivity (Wildman–Crippen MR) is 73.7 cm³/mol. The van der Waals surface area contributed by atoms with Gasteiger partial charge in [0.2, 0.25) is 6.43 Å². The largest absolute Gasteiger partial charge is 0.444 e. The van der Waals surface area contributed by atoms with Crippen LogP contribution in [0.5, 0.6) is 0 Å². The molecule has 0 aromatic rings. The van der Waals surface area contributed by atoms with Crippen LogP contribution in [0.3, 0.4) is 0 Å². The number of carbonyl (C=O) groups is 1. The molecular formula is C14H26F2N2O2. The molecule has 4 nitrogen and oxygen atoms in total. The number of alkyl halides is 2. The molecule has 0 bridgehead atoms. The normalized spacial score (nSPS) is 25.4. The van der Waals surface area contributed by atoms with E-state index in [1.54, 1.807) is 20.8 Å². The zero-order valence-corrected chi connectivity index (χ0v) is 12.5. The molecule has 1 aliphatic carbocycles. The van der Waals surface area contributed by atoms with Crippen LogP contribution in [0, 0.1) is 11.8 Å². The molecule has 0 radical (unpaired) electrons. The van der Waals surface area contributed by atoms with Gasteiger partial charge < -0.3 is 15.8 Å². The van der Waals surface area contributed by atoms with Crippen LogP contribution in [0.2, 0.25) is 0 Å². The third-order valence-electron chi connectivity index (χ3n) is 3.69. The van der Waals surface area contributed by atoms with Crippen LogP contribution in [0.25, 0.3) is 0 Å². The van der Waals surface area contributed by atoms with E-state index in [9.17, 15) is 13.6 Å². The lowest BCUT2D eigenvalue weighted by Gasteiger charge is -2.33. The van der Waals surface area contributed by atoms with Gasteiger partial charge in [-0.2, -0.15) is 0 Å². The van der Waals surface area contributed by atoms with E-state index in [0.29, 0.717) is 25.7 Å². The van der Waals surface area contributed by atoms with Crippen LogP contribution in [-0.4, -0.2) is 30.7 Å². The van der Waals surface area contributed by atoms with Crippen molar-refractivity contribution >= 4 is 6.09 Å². The fourth-order valence-corrected chi connectivity index (χ4v) is 2.67. The van der Waals surface area contributed by atoms with Gasteiger partial charge in [0.1, 0.15) is 5.60 Å². The molecule has 0 saturated heterocycles. The summed E-state index contributed by atoms with van der Waals surface area (Å²) in [4.78, 5) is 11.6. The molecule has 1 atom stereocenters. The van der Waals surface area contributed by atoms with Crippen LogP contribution in [-0.2, 0) is 4.74 Å². The van der Waals surface area contributed by atoms with Crippen LogP contribution in [0.15, 0.2) is 0 Å². The van der Waals surface area contributed by atoms with Gasteiger partial charge in [0.05, 0.1) is 0 Å². The molecule has 118 valence electrons. The van der Waals surface area contributed by atoms with Crippen molar-refractivity contribution in [2.45, 2.75) is 64.5 Å². The maximum Gasteiger partial charge on any atom is 0.407 e. The fraction of sp³-hybridized carbons (Fsp3) is 0.929. The molecule has 0 spiro atoms. The van der Waals surface area contributed by atoms with E-state index in [2.05, 4.69) is 5.32 Å². The highest BCUT2D eigenvalue weighted by Crippen LogP contribution is 2.33. The fourth-order valence-electron chi connectivity index (χ4n) is 2.67. The summed E-state index contributed by atoms with van der Waals surface area (Å²) in [5.74, 6) is -0.769. The Morgan fingerprint density at radius 2 is 1.85 bits per heavy atom. The molecule has 1 amide bonds. The Kier molecular flexibility index (Phi) is 6.17. The average molecular weight is 292 g/mol. The Hall–Kier alpha value is -0.910. The van der Waals surface area contributed by atoms with E-state index in [-0.39, 0.29) is 18.5 Å². The summed E-state index contributed by atoms with van der Waals surface area (Å²) in [7, 11) is 0. The lowest BCUT2D eigenvalue weighted by Crippen LogP contribution is -2.42. The zero-order valence-electron chi connectivity index (χ0n) is 12.5. The smallest absolute Gasteiger partial charge is 0.407 e. The third kappa shape index (κ3) is 5.61. The van der Waals surface area contributed by atoms with Crippen molar-refractivity contribution in [3.05, 3.63) is 0 Å². The van der Waals surface area contributed by atoms with Crippen molar-refractivity contribution in [2.24, 2.45) is 17.6 Å². The Labute approximate surface area is 119 Å². The van der Waals surface area contributed by atoms with Crippen molar-refractivity contribution in [1.82, 2.24) is 5.32 Å². The molecule has 0 heterocycles. The van der Waals surface area contributed by atoms with E-state index in [0.717, 1.165) is 0 Å². The first kappa shape index (κ1) is 17.1. The number of halogens is 2. The predicted octanol–water partition coefficient (Wildman–Crippen LogP) is 2.91. The van der Waals surface area contributed by atoms with Crippen molar-refractivity contribution in [3.8, 4) is 0 Å². The van der Waals surface area contributed by atoms with Gasteiger partial charge in [0.15, 0.2) is 0 Å². The second kappa shape index (κ2) is 7.20. The van der Waals surface area contributed by atoms with Gasteiger partial charge >= 0.3 is 6.09 Å². The van der Waals surface area contributed by atoms with Crippen molar-refractivity contribution in [1.29, 1.82) is 0 Å². The summed E-state index contributed by atoms with van der Waals surface area (Å²) in [6, 6.07) is 0.0113. The molecule has 3 N–H and O–H groups in total. The van der Waals surface area contributed by atoms with Gasteiger partial charge in [-0.3, -0.25) is 0 Å². The number of amides is 1. The summed E-state index contributed by atoms with van der Waals surface area (Å²) < 4.78 is 30.8. The van der Waals surface area contributed by atoms with Crippen molar-refractivity contribution in [2.75, 3.05) is 6.54 Å². The molecule has 1 unspecified atom stereocenters. The number of hydrogen-bond donors (Lipinski definition) is 2.